The van der Waals surface area contributed by atoms with E-state index in [2.05, 4.69) is 4.90 Å². The van der Waals surface area contributed by atoms with E-state index in [0.29, 0.717) is 30.6 Å². The molecule has 0 radical (unpaired) electrons. The quantitative estimate of drug-likeness (QED) is 0.672. The van der Waals surface area contributed by atoms with Crippen molar-refractivity contribution in [2.45, 2.75) is 30.8 Å². The molecule has 2 heterocycles. The van der Waals surface area contributed by atoms with E-state index in [1.807, 2.05) is 6.08 Å². The maximum atomic E-state index is 13.5. The molecule has 7 heteroatoms. The van der Waals surface area contributed by atoms with Gasteiger partial charge in [-0.25, -0.2) is 8.78 Å². The lowest BCUT2D eigenvalue weighted by atomic mass is 9.87. The molecule has 120 valence electrons. The molecular formula is C15H14ClF4NO. The normalized spacial score (nSPS) is 20.0. The van der Waals surface area contributed by atoms with Gasteiger partial charge in [0.2, 0.25) is 5.60 Å². The van der Waals surface area contributed by atoms with Gasteiger partial charge in [-0.1, -0.05) is 12.1 Å². The van der Waals surface area contributed by atoms with Gasteiger partial charge in [-0.15, -0.1) is 0 Å². The Morgan fingerprint density at radius 3 is 2.59 bits per heavy atom. The van der Waals surface area contributed by atoms with Gasteiger partial charge in [0.15, 0.2) is 0 Å². The molecular weight excluding hydrogens is 322 g/mol. The summed E-state index contributed by atoms with van der Waals surface area (Å²) in [6, 6.07) is 2.42. The van der Waals surface area contributed by atoms with E-state index in [1.165, 1.54) is 12.1 Å². The fourth-order valence-electron chi connectivity index (χ4n) is 3.10. The van der Waals surface area contributed by atoms with Crippen molar-refractivity contribution in [1.82, 2.24) is 0 Å². The summed E-state index contributed by atoms with van der Waals surface area (Å²) >= 11 is 4.81. The Bertz CT molecular complexity index is 656. The smallest absolute Gasteiger partial charge is 0.359 e. The molecule has 0 fully saturated rings. The molecule has 1 unspecified atom stereocenters. The number of rotatable bonds is 3. The number of alkyl halides is 5. The topological polar surface area (TPSA) is 23.5 Å². The van der Waals surface area contributed by atoms with Crippen molar-refractivity contribution in [3.8, 4) is 0 Å². The number of nitrogens with zero attached hydrogens (tertiary/aromatic N) is 1. The summed E-state index contributed by atoms with van der Waals surface area (Å²) in [5.74, 6) is 0. The van der Waals surface area contributed by atoms with E-state index < -0.39 is 23.0 Å². The zero-order valence-corrected chi connectivity index (χ0v) is 12.5. The molecule has 22 heavy (non-hydrogen) atoms. The second-order valence-electron chi connectivity index (χ2n) is 5.68. The minimum atomic E-state index is -4.48. The van der Waals surface area contributed by atoms with Gasteiger partial charge in [-0.2, -0.15) is 8.78 Å². The second kappa shape index (κ2) is 4.86. The molecule has 0 amide bonds. The van der Waals surface area contributed by atoms with Crippen LogP contribution >= 0.6 is 11.6 Å². The van der Waals surface area contributed by atoms with Crippen LogP contribution in [0.5, 0.6) is 0 Å². The van der Waals surface area contributed by atoms with Crippen molar-refractivity contribution in [3.05, 3.63) is 34.9 Å². The predicted octanol–water partition coefficient (Wildman–Crippen LogP) is 3.75. The predicted molar refractivity (Wildman–Crippen MR) is 76.7 cm³/mol. The summed E-state index contributed by atoms with van der Waals surface area (Å²) in [7, 11) is 0. The molecule has 1 aromatic rings. The van der Waals surface area contributed by atoms with E-state index >= 15 is 0 Å². The highest BCUT2D eigenvalue weighted by atomic mass is 35.5. The van der Waals surface area contributed by atoms with Gasteiger partial charge in [-0.05, 0) is 47.7 Å². The maximum Gasteiger partial charge on any atom is 0.359 e. The van der Waals surface area contributed by atoms with E-state index in [4.69, 9.17) is 11.6 Å². The minimum absolute atomic E-state index is 0.548. The highest BCUT2D eigenvalue weighted by molar-refractivity contribution is 6.22. The number of allylic oxidation sites excluding steroid dienone is 1. The number of halogens is 5. The summed E-state index contributed by atoms with van der Waals surface area (Å²) in [4.78, 5) is 2.06. The van der Waals surface area contributed by atoms with Gasteiger partial charge in [-0.3, -0.25) is 0 Å². The van der Waals surface area contributed by atoms with Crippen LogP contribution in [0.3, 0.4) is 0 Å². The molecule has 0 aromatic heterocycles. The Morgan fingerprint density at radius 2 is 2.00 bits per heavy atom. The average molecular weight is 336 g/mol. The third-order valence-corrected chi connectivity index (χ3v) is 4.68. The number of anilines is 1. The Kier molecular flexibility index (Phi) is 3.45. The van der Waals surface area contributed by atoms with Crippen molar-refractivity contribution in [2.24, 2.45) is 0 Å². The Balaban J connectivity index is 2.22. The van der Waals surface area contributed by atoms with Crippen LogP contribution in [0.25, 0.3) is 5.57 Å². The van der Waals surface area contributed by atoms with Crippen LogP contribution in [0.4, 0.5) is 23.2 Å². The first-order valence-corrected chi connectivity index (χ1v) is 7.20. The summed E-state index contributed by atoms with van der Waals surface area (Å²) < 4.78 is 53.4. The van der Waals surface area contributed by atoms with Gasteiger partial charge in [0.05, 0.1) is 0 Å². The zero-order chi connectivity index (χ0) is 16.3. The average Bonchev–Trinajstić information content (AvgIpc) is 2.84. The van der Waals surface area contributed by atoms with Crippen molar-refractivity contribution in [2.75, 3.05) is 18.0 Å². The fraction of sp³-hybridized carbons (Fsp3) is 0.467. The molecule has 2 aliphatic heterocycles. The van der Waals surface area contributed by atoms with Crippen LogP contribution in [-0.4, -0.2) is 30.0 Å². The number of benzene rings is 1. The van der Waals surface area contributed by atoms with Crippen LogP contribution < -0.4 is 4.90 Å². The number of hydrogen-bond donors (Lipinski definition) is 1. The highest BCUT2D eigenvalue weighted by Crippen LogP contribution is 2.48. The van der Waals surface area contributed by atoms with Crippen LogP contribution in [0.2, 0.25) is 0 Å². The first-order chi connectivity index (χ1) is 10.2. The van der Waals surface area contributed by atoms with E-state index in [0.717, 1.165) is 11.3 Å². The van der Waals surface area contributed by atoms with E-state index in [9.17, 15) is 22.7 Å². The molecule has 2 nitrogen and oxygen atoms in total. The molecule has 0 spiro atoms. The molecule has 1 atom stereocenters. The lowest BCUT2D eigenvalue weighted by molar-refractivity contribution is -0.204. The molecule has 0 bridgehead atoms. The maximum absolute atomic E-state index is 13.5. The van der Waals surface area contributed by atoms with Gasteiger partial charge >= 0.3 is 5.38 Å². The van der Waals surface area contributed by atoms with E-state index in [-0.39, 0.29) is 0 Å². The zero-order valence-electron chi connectivity index (χ0n) is 11.7. The summed E-state index contributed by atoms with van der Waals surface area (Å²) in [5.41, 5.74) is -1.31. The molecule has 0 saturated heterocycles. The standard InChI is InChI=1S/C15H14ClF4NO/c1-8-2-4-21-5-3-9-6-10(7-11(8)12(9)21)14(22,13(17)18)15(16,19)20/h2,6-7,13,22H,3-5H2,1H3. The monoisotopic (exact) mass is 335 g/mol. The Morgan fingerprint density at radius 1 is 1.32 bits per heavy atom. The van der Waals surface area contributed by atoms with Crippen LogP contribution in [-0.2, 0) is 12.0 Å². The Labute approximate surface area is 130 Å². The van der Waals surface area contributed by atoms with Gasteiger partial charge in [0, 0.05) is 24.3 Å². The summed E-state index contributed by atoms with van der Waals surface area (Å²) in [5, 5.41) is 5.47. The molecule has 0 aliphatic carbocycles. The van der Waals surface area contributed by atoms with Gasteiger partial charge < -0.3 is 10.0 Å². The van der Waals surface area contributed by atoms with Crippen LogP contribution in [0.1, 0.15) is 23.6 Å². The molecule has 3 rings (SSSR count). The second-order valence-corrected chi connectivity index (χ2v) is 6.15. The molecule has 2 aliphatic rings. The first kappa shape index (κ1) is 15.6. The number of aliphatic hydroxyl groups is 1. The van der Waals surface area contributed by atoms with Crippen molar-refractivity contribution in [1.29, 1.82) is 0 Å². The molecule has 1 aromatic carbocycles. The number of hydrogen-bond acceptors (Lipinski definition) is 2. The van der Waals surface area contributed by atoms with E-state index in [1.54, 1.807) is 6.92 Å². The largest absolute Gasteiger partial charge is 0.373 e. The minimum Gasteiger partial charge on any atom is -0.373 e. The van der Waals surface area contributed by atoms with Crippen LogP contribution in [0.15, 0.2) is 18.2 Å². The van der Waals surface area contributed by atoms with Crippen molar-refractivity contribution in [3.63, 3.8) is 0 Å². The lowest BCUT2D eigenvalue weighted by Gasteiger charge is -2.33. The van der Waals surface area contributed by atoms with Gasteiger partial charge in [0.1, 0.15) is 0 Å². The van der Waals surface area contributed by atoms with Crippen molar-refractivity contribution < 1.29 is 22.7 Å². The third-order valence-electron chi connectivity index (χ3n) is 4.39. The van der Waals surface area contributed by atoms with Crippen molar-refractivity contribution >= 4 is 22.9 Å². The lowest BCUT2D eigenvalue weighted by Crippen LogP contribution is -2.47. The summed E-state index contributed by atoms with van der Waals surface area (Å²) in [6.45, 7) is 3.19. The summed E-state index contributed by atoms with van der Waals surface area (Å²) in [6.07, 6.45) is -1.25. The Hall–Kier alpha value is -1.27. The molecule has 1 N–H and O–H groups in total. The molecule has 0 saturated carbocycles. The SMILES string of the molecule is CC1=CCN2CCc3cc(C(O)(C(F)F)C(F)(F)Cl)cc1c32. The third kappa shape index (κ3) is 2.04. The van der Waals surface area contributed by atoms with Crippen LogP contribution in [0, 0.1) is 0 Å². The highest BCUT2D eigenvalue weighted by Gasteiger charge is 2.60. The van der Waals surface area contributed by atoms with Gasteiger partial charge in [0.25, 0.3) is 6.43 Å². The first-order valence-electron chi connectivity index (χ1n) is 6.83. The fourth-order valence-corrected chi connectivity index (χ4v) is 3.29.